The van der Waals surface area contributed by atoms with E-state index in [4.69, 9.17) is 18.9 Å². The van der Waals surface area contributed by atoms with Crippen LogP contribution in [0.1, 0.15) is 219 Å². The molecule has 366 valence electrons. The molecule has 0 saturated heterocycles. The Labute approximate surface area is 387 Å². The van der Waals surface area contributed by atoms with Crippen molar-refractivity contribution in [2.24, 2.45) is 0 Å². The molecule has 9 heteroatoms. The molecule has 0 aliphatic heterocycles. The lowest BCUT2D eigenvalue weighted by Crippen LogP contribution is -2.44. The van der Waals surface area contributed by atoms with Crippen molar-refractivity contribution in [2.45, 2.75) is 232 Å². The highest BCUT2D eigenvalue weighted by atomic mass is 16.7. The first kappa shape index (κ1) is 60.2. The SMILES string of the molecule is CC/C=C\C/C=C\C/C=C\CCCCCC(=O)OC(COC(=O)CCCCCCCCCCCCCCC/C=C\CCCCCCCCCC)COC(OCC[N+](C)(C)C)C(=O)[O-]. The van der Waals surface area contributed by atoms with Crippen molar-refractivity contribution in [1.82, 2.24) is 0 Å². The smallest absolute Gasteiger partial charge is 0.306 e. The summed E-state index contributed by atoms with van der Waals surface area (Å²) in [7, 11) is 5.90. The summed E-state index contributed by atoms with van der Waals surface area (Å²) in [6.07, 6.45) is 51.7. The molecule has 2 atom stereocenters. The highest BCUT2D eigenvalue weighted by Gasteiger charge is 2.21. The molecule has 0 fully saturated rings. The number of likely N-dealkylation sites (N-methyl/N-ethyl adjacent to an activating group) is 1. The van der Waals surface area contributed by atoms with E-state index in [0.29, 0.717) is 17.4 Å². The van der Waals surface area contributed by atoms with Crippen LogP contribution in [-0.4, -0.2) is 82.3 Å². The largest absolute Gasteiger partial charge is 0.545 e. The van der Waals surface area contributed by atoms with Gasteiger partial charge in [-0.25, -0.2) is 0 Å². The summed E-state index contributed by atoms with van der Waals surface area (Å²) in [5.41, 5.74) is 0. The number of carbonyl (C=O) groups excluding carboxylic acids is 3. The zero-order chi connectivity index (χ0) is 46.3. The number of quaternary nitrogens is 1. The number of carboxylic acids is 1. The molecule has 0 heterocycles. The molecule has 2 unspecified atom stereocenters. The van der Waals surface area contributed by atoms with Gasteiger partial charge in [-0.05, 0) is 70.6 Å². The Hall–Kier alpha value is -2.75. The van der Waals surface area contributed by atoms with Gasteiger partial charge in [-0.3, -0.25) is 9.59 Å². The molecule has 0 N–H and O–H groups in total. The fraction of sp³-hybridized carbons (Fsp3) is 0.796. The summed E-state index contributed by atoms with van der Waals surface area (Å²) in [5.74, 6) is -2.32. The van der Waals surface area contributed by atoms with E-state index in [9.17, 15) is 19.5 Å². The number of aliphatic carboxylic acids is 1. The van der Waals surface area contributed by atoms with Crippen LogP contribution in [0, 0.1) is 0 Å². The number of allylic oxidation sites excluding steroid dienone is 8. The third kappa shape index (κ3) is 47.0. The van der Waals surface area contributed by atoms with Gasteiger partial charge in [0.2, 0.25) is 0 Å². The summed E-state index contributed by atoms with van der Waals surface area (Å²) in [5, 5.41) is 11.7. The molecule has 0 aromatic heterocycles. The lowest BCUT2D eigenvalue weighted by molar-refractivity contribution is -0.870. The topological polar surface area (TPSA) is 111 Å². The highest BCUT2D eigenvalue weighted by Crippen LogP contribution is 2.15. The van der Waals surface area contributed by atoms with Gasteiger partial charge in [0, 0.05) is 12.8 Å². The monoisotopic (exact) mass is 888 g/mol. The van der Waals surface area contributed by atoms with Gasteiger partial charge in [0.05, 0.1) is 40.3 Å². The van der Waals surface area contributed by atoms with Crippen molar-refractivity contribution in [3.63, 3.8) is 0 Å². The van der Waals surface area contributed by atoms with Crippen LogP contribution in [0.4, 0.5) is 0 Å². The zero-order valence-electron chi connectivity index (χ0n) is 41.4. The number of ether oxygens (including phenoxy) is 4. The van der Waals surface area contributed by atoms with E-state index in [1.165, 1.54) is 128 Å². The lowest BCUT2D eigenvalue weighted by Gasteiger charge is -2.26. The Morgan fingerprint density at radius 3 is 1.38 bits per heavy atom. The third-order valence-corrected chi connectivity index (χ3v) is 11.1. The number of carboxylic acid groups (broad SMARTS) is 1. The van der Waals surface area contributed by atoms with Crippen molar-refractivity contribution in [2.75, 3.05) is 47.5 Å². The van der Waals surface area contributed by atoms with E-state index in [2.05, 4.69) is 62.5 Å². The van der Waals surface area contributed by atoms with Gasteiger partial charge in [-0.1, -0.05) is 184 Å². The van der Waals surface area contributed by atoms with Gasteiger partial charge in [-0.15, -0.1) is 0 Å². The van der Waals surface area contributed by atoms with Crippen LogP contribution in [0.5, 0.6) is 0 Å². The van der Waals surface area contributed by atoms with Crippen LogP contribution in [0.2, 0.25) is 0 Å². The lowest BCUT2D eigenvalue weighted by atomic mass is 10.0. The molecule has 9 nitrogen and oxygen atoms in total. The normalized spacial score (nSPS) is 13.2. The minimum absolute atomic E-state index is 0.141. The zero-order valence-corrected chi connectivity index (χ0v) is 41.4. The average molecular weight is 888 g/mol. The highest BCUT2D eigenvalue weighted by molar-refractivity contribution is 5.70. The maximum absolute atomic E-state index is 12.7. The molecule has 63 heavy (non-hydrogen) atoms. The quantitative estimate of drug-likeness (QED) is 0.0195. The number of carbonyl (C=O) groups is 3. The Morgan fingerprint density at radius 1 is 0.492 bits per heavy atom. The van der Waals surface area contributed by atoms with E-state index in [1.54, 1.807) is 0 Å². The number of hydrogen-bond donors (Lipinski definition) is 0. The molecular formula is C54H97NO8. The van der Waals surface area contributed by atoms with Gasteiger partial charge in [-0.2, -0.15) is 0 Å². The van der Waals surface area contributed by atoms with Crippen LogP contribution in [0.3, 0.4) is 0 Å². The second-order valence-electron chi connectivity index (χ2n) is 18.4. The van der Waals surface area contributed by atoms with Gasteiger partial charge in [0.15, 0.2) is 12.4 Å². The number of rotatable bonds is 47. The Balaban J connectivity index is 4.24. The second kappa shape index (κ2) is 45.8. The number of hydrogen-bond acceptors (Lipinski definition) is 8. The molecule has 0 aliphatic carbocycles. The second-order valence-corrected chi connectivity index (χ2v) is 18.4. The molecular weight excluding hydrogens is 791 g/mol. The van der Waals surface area contributed by atoms with Gasteiger partial charge >= 0.3 is 11.9 Å². The minimum Gasteiger partial charge on any atom is -0.545 e. The molecule has 0 aliphatic rings. The summed E-state index contributed by atoms with van der Waals surface area (Å²) in [6, 6.07) is 0. The van der Waals surface area contributed by atoms with Crippen molar-refractivity contribution in [3.8, 4) is 0 Å². The minimum atomic E-state index is -1.63. The summed E-state index contributed by atoms with van der Waals surface area (Å²) in [4.78, 5) is 37.1. The number of nitrogens with zero attached hydrogens (tertiary/aromatic N) is 1. The predicted molar refractivity (Wildman–Crippen MR) is 260 cm³/mol. The first-order chi connectivity index (χ1) is 30.6. The van der Waals surface area contributed by atoms with Crippen molar-refractivity contribution in [3.05, 3.63) is 48.6 Å². The predicted octanol–water partition coefficient (Wildman–Crippen LogP) is 13.0. The maximum Gasteiger partial charge on any atom is 0.306 e. The Morgan fingerprint density at radius 2 is 0.905 bits per heavy atom. The fourth-order valence-corrected chi connectivity index (χ4v) is 7.07. The third-order valence-electron chi connectivity index (χ3n) is 11.1. The van der Waals surface area contributed by atoms with E-state index in [-0.39, 0.29) is 38.6 Å². The summed E-state index contributed by atoms with van der Waals surface area (Å²) in [6.45, 7) is 4.60. The number of unbranched alkanes of at least 4 members (excludes halogenated alkanes) is 24. The Kier molecular flexibility index (Phi) is 43.8. The molecule has 0 aromatic carbocycles. The van der Waals surface area contributed by atoms with E-state index in [0.717, 1.165) is 57.8 Å². The average Bonchev–Trinajstić information content (AvgIpc) is 3.24. The molecule has 0 radical (unpaired) electrons. The molecule has 0 spiro atoms. The summed E-state index contributed by atoms with van der Waals surface area (Å²) >= 11 is 0. The molecule has 0 saturated carbocycles. The van der Waals surface area contributed by atoms with Crippen LogP contribution in [0.15, 0.2) is 48.6 Å². The van der Waals surface area contributed by atoms with Crippen molar-refractivity contribution in [1.29, 1.82) is 0 Å². The molecule has 0 amide bonds. The molecule has 0 bridgehead atoms. The van der Waals surface area contributed by atoms with Crippen LogP contribution >= 0.6 is 0 Å². The Bertz CT molecular complexity index is 1170. The fourth-order valence-electron chi connectivity index (χ4n) is 7.07. The maximum atomic E-state index is 12.7. The van der Waals surface area contributed by atoms with Crippen LogP contribution in [-0.2, 0) is 33.3 Å². The molecule has 0 rings (SSSR count). The summed E-state index contributed by atoms with van der Waals surface area (Å²) < 4.78 is 22.6. The van der Waals surface area contributed by atoms with Crippen LogP contribution in [0.25, 0.3) is 0 Å². The van der Waals surface area contributed by atoms with Gasteiger partial charge in [0.25, 0.3) is 0 Å². The van der Waals surface area contributed by atoms with Crippen LogP contribution < -0.4 is 5.11 Å². The van der Waals surface area contributed by atoms with Gasteiger partial charge < -0.3 is 33.3 Å². The van der Waals surface area contributed by atoms with Gasteiger partial charge in [0.1, 0.15) is 13.2 Å². The van der Waals surface area contributed by atoms with E-state index < -0.39 is 24.3 Å². The number of esters is 2. The first-order valence-corrected chi connectivity index (χ1v) is 25.8. The molecule has 0 aromatic rings. The van der Waals surface area contributed by atoms with E-state index in [1.807, 2.05) is 21.1 Å². The van der Waals surface area contributed by atoms with E-state index >= 15 is 0 Å². The first-order valence-electron chi connectivity index (χ1n) is 25.8. The van der Waals surface area contributed by atoms with Crippen molar-refractivity contribution < 1.29 is 42.9 Å². The standard InChI is InChI=1S/C54H97NO8/c1-6-8-10-12-14-16-18-20-21-22-23-24-25-26-27-28-29-30-31-33-34-36-38-40-42-44-51(56)61-48-50(49-62-54(53(58)59)60-47-46-55(3,4)5)63-52(57)45-43-41-39-37-35-32-19-17-15-13-11-9-7-2/h9,11,15,17,22-23,32,35,50,54H,6-8,10,12-14,16,18-21,24-31,33-34,36-49H2,1-5H3/b11-9-,17-15-,23-22-,35-32-. The van der Waals surface area contributed by atoms with Crippen molar-refractivity contribution >= 4 is 17.9 Å².